The third kappa shape index (κ3) is 2.92. The van der Waals surface area contributed by atoms with Crippen LogP contribution >= 0.6 is 11.3 Å². The van der Waals surface area contributed by atoms with E-state index in [-0.39, 0.29) is 0 Å². The average Bonchev–Trinajstić information content (AvgIpc) is 2.74. The van der Waals surface area contributed by atoms with Gasteiger partial charge in [0.25, 0.3) is 0 Å². The van der Waals surface area contributed by atoms with Crippen molar-refractivity contribution in [2.45, 2.75) is 6.42 Å². The fourth-order valence-corrected chi connectivity index (χ4v) is 1.91. The summed E-state index contributed by atoms with van der Waals surface area (Å²) in [5.41, 5.74) is 5.43. The molecule has 15 heavy (non-hydrogen) atoms. The monoisotopic (exact) mass is 220 g/mol. The summed E-state index contributed by atoms with van der Waals surface area (Å²) in [5.74, 6) is 1.21. The van der Waals surface area contributed by atoms with Crippen LogP contribution in [0.5, 0.6) is 0 Å². The molecule has 0 saturated carbocycles. The molecule has 2 aromatic rings. The second-order valence-corrected chi connectivity index (χ2v) is 4.13. The molecule has 0 fully saturated rings. The molecule has 0 bridgehead atoms. The number of nitrogen functional groups attached to an aromatic ring is 1. The minimum atomic E-state index is 0.443. The first-order valence-corrected chi connectivity index (χ1v) is 5.58. The first-order valence-electron chi connectivity index (χ1n) is 4.70. The van der Waals surface area contributed by atoms with Crippen LogP contribution in [0.4, 0.5) is 11.6 Å². The number of nitrogens with one attached hydrogen (secondary N) is 1. The molecule has 0 saturated heterocycles. The van der Waals surface area contributed by atoms with Gasteiger partial charge in [0.15, 0.2) is 0 Å². The van der Waals surface area contributed by atoms with Gasteiger partial charge in [0, 0.05) is 11.4 Å². The number of hydrogen-bond donors (Lipinski definition) is 2. The minimum Gasteiger partial charge on any atom is -0.382 e. The van der Waals surface area contributed by atoms with E-state index in [4.69, 9.17) is 5.73 Å². The molecular weight excluding hydrogens is 208 g/mol. The summed E-state index contributed by atoms with van der Waals surface area (Å²) in [6.07, 6.45) is 1.00. The van der Waals surface area contributed by atoms with Gasteiger partial charge < -0.3 is 11.1 Å². The van der Waals surface area contributed by atoms with Crippen LogP contribution < -0.4 is 11.1 Å². The van der Waals surface area contributed by atoms with Gasteiger partial charge in [-0.2, -0.15) is 0 Å². The molecule has 78 valence electrons. The number of thiophene rings is 1. The van der Waals surface area contributed by atoms with Crippen LogP contribution in [-0.4, -0.2) is 16.7 Å². The molecule has 0 radical (unpaired) electrons. The van der Waals surface area contributed by atoms with Crippen LogP contribution in [0.2, 0.25) is 0 Å². The Kier molecular flexibility index (Phi) is 3.14. The van der Waals surface area contributed by atoms with E-state index in [1.165, 1.54) is 4.88 Å². The van der Waals surface area contributed by atoms with E-state index in [0.717, 1.165) is 18.8 Å². The third-order valence-corrected chi connectivity index (χ3v) is 2.88. The predicted octanol–water partition coefficient (Wildman–Crippen LogP) is 1.77. The number of rotatable bonds is 4. The molecule has 5 heteroatoms. The van der Waals surface area contributed by atoms with E-state index < -0.39 is 0 Å². The first-order chi connectivity index (χ1) is 7.34. The Bertz CT molecular complexity index is 396. The van der Waals surface area contributed by atoms with Crippen molar-refractivity contribution in [2.24, 2.45) is 0 Å². The molecule has 2 rings (SSSR count). The Labute approximate surface area is 92.2 Å². The number of aromatic nitrogens is 2. The fourth-order valence-electron chi connectivity index (χ4n) is 1.21. The molecule has 0 aromatic carbocycles. The highest BCUT2D eigenvalue weighted by Crippen LogP contribution is 2.09. The van der Waals surface area contributed by atoms with Crippen LogP contribution in [0.15, 0.2) is 29.6 Å². The van der Waals surface area contributed by atoms with E-state index >= 15 is 0 Å². The van der Waals surface area contributed by atoms with E-state index in [1.54, 1.807) is 17.4 Å². The van der Waals surface area contributed by atoms with Gasteiger partial charge in [0.1, 0.15) is 11.6 Å². The van der Waals surface area contributed by atoms with Gasteiger partial charge in [-0.1, -0.05) is 6.07 Å². The maximum absolute atomic E-state index is 5.43. The number of nitrogens with two attached hydrogens (primary N) is 1. The predicted molar refractivity (Wildman–Crippen MR) is 63.0 cm³/mol. The summed E-state index contributed by atoms with van der Waals surface area (Å²) in [4.78, 5) is 1.37. The van der Waals surface area contributed by atoms with Gasteiger partial charge in [-0.3, -0.25) is 0 Å². The molecule has 0 unspecified atom stereocenters. The highest BCUT2D eigenvalue weighted by molar-refractivity contribution is 7.09. The molecule has 0 aliphatic carbocycles. The van der Waals surface area contributed by atoms with Crippen LogP contribution in [0.1, 0.15) is 4.88 Å². The van der Waals surface area contributed by atoms with Crippen LogP contribution in [0.25, 0.3) is 0 Å². The molecule has 0 aliphatic rings. The van der Waals surface area contributed by atoms with E-state index in [0.29, 0.717) is 5.82 Å². The van der Waals surface area contributed by atoms with E-state index in [1.807, 2.05) is 6.07 Å². The maximum Gasteiger partial charge on any atom is 0.148 e. The molecule has 3 N–H and O–H groups in total. The Hall–Kier alpha value is -1.62. The zero-order valence-corrected chi connectivity index (χ0v) is 9.00. The topological polar surface area (TPSA) is 63.8 Å². The molecule has 2 heterocycles. The van der Waals surface area contributed by atoms with Gasteiger partial charge in [-0.25, -0.2) is 0 Å². The van der Waals surface area contributed by atoms with Crippen molar-refractivity contribution >= 4 is 23.0 Å². The zero-order chi connectivity index (χ0) is 10.5. The summed E-state index contributed by atoms with van der Waals surface area (Å²) in [6.45, 7) is 0.860. The molecule has 0 aliphatic heterocycles. The van der Waals surface area contributed by atoms with Gasteiger partial charge in [0.05, 0.1) is 0 Å². The van der Waals surface area contributed by atoms with Crippen LogP contribution in [0.3, 0.4) is 0 Å². The van der Waals surface area contributed by atoms with Crippen molar-refractivity contribution in [3.8, 4) is 0 Å². The second kappa shape index (κ2) is 4.75. The Morgan fingerprint density at radius 2 is 2.20 bits per heavy atom. The summed E-state index contributed by atoms with van der Waals surface area (Å²) in [6, 6.07) is 7.75. The van der Waals surface area contributed by atoms with Gasteiger partial charge in [-0.05, 0) is 30.0 Å². The SMILES string of the molecule is Nc1ccc(NCCc2cccs2)nn1. The quantitative estimate of drug-likeness (QED) is 0.824. The lowest BCUT2D eigenvalue weighted by atomic mass is 10.3. The fraction of sp³-hybridized carbons (Fsp3) is 0.200. The van der Waals surface area contributed by atoms with Gasteiger partial charge in [0.2, 0.25) is 0 Å². The lowest BCUT2D eigenvalue weighted by molar-refractivity contribution is 0.982. The first kappa shape index (κ1) is 9.92. The summed E-state index contributed by atoms with van der Waals surface area (Å²) in [7, 11) is 0. The number of anilines is 2. The highest BCUT2D eigenvalue weighted by atomic mass is 32.1. The van der Waals surface area contributed by atoms with Crippen LogP contribution in [-0.2, 0) is 6.42 Å². The molecular formula is C10H12N4S. The van der Waals surface area contributed by atoms with Crippen molar-refractivity contribution in [1.29, 1.82) is 0 Å². The number of hydrogen-bond acceptors (Lipinski definition) is 5. The number of nitrogens with zero attached hydrogens (tertiary/aromatic N) is 2. The minimum absolute atomic E-state index is 0.443. The Morgan fingerprint density at radius 1 is 1.27 bits per heavy atom. The van der Waals surface area contributed by atoms with Crippen molar-refractivity contribution in [3.63, 3.8) is 0 Å². The van der Waals surface area contributed by atoms with Crippen molar-refractivity contribution in [3.05, 3.63) is 34.5 Å². The van der Waals surface area contributed by atoms with E-state index in [2.05, 4.69) is 33.0 Å². The third-order valence-electron chi connectivity index (χ3n) is 1.94. The summed E-state index contributed by atoms with van der Waals surface area (Å²) in [5, 5.41) is 12.9. The average molecular weight is 220 g/mol. The van der Waals surface area contributed by atoms with E-state index in [9.17, 15) is 0 Å². The van der Waals surface area contributed by atoms with Gasteiger partial charge >= 0.3 is 0 Å². The molecule has 0 atom stereocenters. The largest absolute Gasteiger partial charge is 0.382 e. The van der Waals surface area contributed by atoms with Crippen molar-refractivity contribution < 1.29 is 0 Å². The van der Waals surface area contributed by atoms with Crippen molar-refractivity contribution in [1.82, 2.24) is 10.2 Å². The zero-order valence-electron chi connectivity index (χ0n) is 8.18. The van der Waals surface area contributed by atoms with Crippen LogP contribution in [0, 0.1) is 0 Å². The Morgan fingerprint density at radius 3 is 2.87 bits per heavy atom. The lowest BCUT2D eigenvalue weighted by Crippen LogP contribution is -2.06. The summed E-state index contributed by atoms with van der Waals surface area (Å²) >= 11 is 1.76. The summed E-state index contributed by atoms with van der Waals surface area (Å²) < 4.78 is 0. The molecule has 0 amide bonds. The second-order valence-electron chi connectivity index (χ2n) is 3.10. The molecule has 0 spiro atoms. The van der Waals surface area contributed by atoms with Gasteiger partial charge in [-0.15, -0.1) is 21.5 Å². The normalized spacial score (nSPS) is 10.1. The van der Waals surface area contributed by atoms with Crippen molar-refractivity contribution in [2.75, 3.05) is 17.6 Å². The molecule has 2 aromatic heterocycles. The standard InChI is InChI=1S/C10H12N4S/c11-9-3-4-10(14-13-9)12-6-5-8-2-1-7-15-8/h1-4,7H,5-6H2,(H2,11,13)(H,12,14). The highest BCUT2D eigenvalue weighted by Gasteiger charge is 1.96. The maximum atomic E-state index is 5.43. The lowest BCUT2D eigenvalue weighted by Gasteiger charge is -2.03. The smallest absolute Gasteiger partial charge is 0.148 e. The molecule has 4 nitrogen and oxygen atoms in total. The Balaban J connectivity index is 1.81.